The molecule has 0 amide bonds. The van der Waals surface area contributed by atoms with E-state index in [2.05, 4.69) is 38.8 Å². The minimum Gasteiger partial charge on any atom is -0.299 e. The van der Waals surface area contributed by atoms with Gasteiger partial charge in [0.05, 0.1) is 12.0 Å². The topological polar surface area (TPSA) is 27.0 Å². The van der Waals surface area contributed by atoms with Crippen molar-refractivity contribution >= 4 is 0 Å². The van der Waals surface area contributed by atoms with E-state index in [4.69, 9.17) is 0 Å². The summed E-state index contributed by atoms with van der Waals surface area (Å²) in [4.78, 5) is 2.55. The largest absolute Gasteiger partial charge is 0.299 e. The molecule has 2 aliphatic rings. The lowest BCUT2D eigenvalue weighted by Crippen LogP contribution is -2.50. The first-order valence-electron chi connectivity index (χ1n) is 8.11. The van der Waals surface area contributed by atoms with Crippen LogP contribution in [0.1, 0.15) is 65.7 Å². The van der Waals surface area contributed by atoms with Crippen molar-refractivity contribution in [3.8, 4) is 6.07 Å². The normalized spacial score (nSPS) is 32.9. The third kappa shape index (κ3) is 2.97. The predicted octanol–water partition coefficient (Wildman–Crippen LogP) is 4.22. The minimum atomic E-state index is 0.259. The van der Waals surface area contributed by atoms with Crippen LogP contribution in [0.15, 0.2) is 0 Å². The lowest BCUT2D eigenvalue weighted by molar-refractivity contribution is 0.0230. The highest BCUT2D eigenvalue weighted by molar-refractivity contribution is 5.01. The summed E-state index contributed by atoms with van der Waals surface area (Å²) in [7, 11) is 2.26. The van der Waals surface area contributed by atoms with Crippen LogP contribution < -0.4 is 0 Å². The van der Waals surface area contributed by atoms with Gasteiger partial charge in [0.15, 0.2) is 0 Å². The molecule has 0 N–H and O–H groups in total. The van der Waals surface area contributed by atoms with Gasteiger partial charge in [-0.2, -0.15) is 5.26 Å². The zero-order chi connectivity index (χ0) is 14.0. The molecule has 0 radical (unpaired) electrons. The Labute approximate surface area is 119 Å². The van der Waals surface area contributed by atoms with Gasteiger partial charge in [0, 0.05) is 12.1 Å². The van der Waals surface area contributed by atoms with Crippen LogP contribution >= 0.6 is 0 Å². The van der Waals surface area contributed by atoms with Gasteiger partial charge in [0.1, 0.15) is 0 Å². The Morgan fingerprint density at radius 1 is 1.21 bits per heavy atom. The summed E-state index contributed by atoms with van der Waals surface area (Å²) in [5, 5.41) is 9.45. The highest BCUT2D eigenvalue weighted by Crippen LogP contribution is 2.44. The van der Waals surface area contributed by atoms with E-state index >= 15 is 0 Å². The van der Waals surface area contributed by atoms with E-state index in [0.29, 0.717) is 11.5 Å². The minimum absolute atomic E-state index is 0.259. The van der Waals surface area contributed by atoms with Crippen molar-refractivity contribution < 1.29 is 0 Å². The van der Waals surface area contributed by atoms with Crippen molar-refractivity contribution in [2.75, 3.05) is 7.05 Å². The maximum atomic E-state index is 9.45. The molecule has 2 nitrogen and oxygen atoms in total. The summed E-state index contributed by atoms with van der Waals surface area (Å²) in [6, 6.07) is 3.84. The van der Waals surface area contributed by atoms with E-state index in [0.717, 1.165) is 18.4 Å². The highest BCUT2D eigenvalue weighted by atomic mass is 15.2. The SMILES string of the molecule is CCC(C)(C)C1CCC(C#N)C(N(C)C2CCC2)C1. The van der Waals surface area contributed by atoms with Crippen LogP contribution in [0.4, 0.5) is 0 Å². The van der Waals surface area contributed by atoms with Crippen LogP contribution in [0.2, 0.25) is 0 Å². The second-order valence-electron chi connectivity index (χ2n) is 7.41. The Hall–Kier alpha value is -0.550. The third-order valence-corrected chi connectivity index (χ3v) is 6.17. The molecule has 0 bridgehead atoms. The molecule has 2 rings (SSSR count). The fourth-order valence-electron chi connectivity index (χ4n) is 3.81. The molecule has 0 heterocycles. The average Bonchev–Trinajstić information content (AvgIpc) is 2.35. The third-order valence-electron chi connectivity index (χ3n) is 6.17. The second-order valence-corrected chi connectivity index (χ2v) is 7.41. The first-order chi connectivity index (χ1) is 8.99. The fraction of sp³-hybridized carbons (Fsp3) is 0.941. The van der Waals surface area contributed by atoms with Crippen LogP contribution in [0.25, 0.3) is 0 Å². The molecule has 2 heteroatoms. The molecule has 108 valence electrons. The van der Waals surface area contributed by atoms with Crippen LogP contribution in [-0.4, -0.2) is 24.0 Å². The Morgan fingerprint density at radius 2 is 1.89 bits per heavy atom. The maximum Gasteiger partial charge on any atom is 0.0672 e. The number of nitrogens with zero attached hydrogens (tertiary/aromatic N) is 2. The van der Waals surface area contributed by atoms with Crippen molar-refractivity contribution in [3.63, 3.8) is 0 Å². The zero-order valence-electron chi connectivity index (χ0n) is 13.2. The molecule has 0 aliphatic heterocycles. The molecule has 2 saturated carbocycles. The first kappa shape index (κ1) is 14.9. The van der Waals surface area contributed by atoms with Crippen molar-refractivity contribution in [1.82, 2.24) is 4.90 Å². The van der Waals surface area contributed by atoms with Crippen molar-refractivity contribution in [2.24, 2.45) is 17.3 Å². The molecular formula is C17H30N2. The van der Waals surface area contributed by atoms with Gasteiger partial charge in [-0.3, -0.25) is 4.90 Å². The van der Waals surface area contributed by atoms with Gasteiger partial charge in [-0.05, 0) is 50.5 Å². The molecule has 0 aromatic heterocycles. The van der Waals surface area contributed by atoms with E-state index in [1.54, 1.807) is 0 Å². The Kier molecular flexibility index (Phi) is 4.56. The van der Waals surface area contributed by atoms with Crippen LogP contribution in [0, 0.1) is 28.6 Å². The molecule has 0 aromatic carbocycles. The summed E-state index contributed by atoms with van der Waals surface area (Å²) < 4.78 is 0. The van der Waals surface area contributed by atoms with Gasteiger partial charge in [-0.25, -0.2) is 0 Å². The summed E-state index contributed by atoms with van der Waals surface area (Å²) in [6.07, 6.45) is 8.88. The molecule has 2 fully saturated rings. The molecule has 2 aliphatic carbocycles. The maximum absolute atomic E-state index is 9.45. The molecule has 3 unspecified atom stereocenters. The highest BCUT2D eigenvalue weighted by Gasteiger charge is 2.41. The zero-order valence-corrected chi connectivity index (χ0v) is 13.2. The van der Waals surface area contributed by atoms with Gasteiger partial charge in [0.2, 0.25) is 0 Å². The second kappa shape index (κ2) is 5.83. The lowest BCUT2D eigenvalue weighted by Gasteiger charge is -2.48. The van der Waals surface area contributed by atoms with Crippen LogP contribution in [0.5, 0.6) is 0 Å². The molecule has 3 atom stereocenters. The number of hydrogen-bond acceptors (Lipinski definition) is 2. The fourth-order valence-corrected chi connectivity index (χ4v) is 3.81. The summed E-state index contributed by atoms with van der Waals surface area (Å²) >= 11 is 0. The van der Waals surface area contributed by atoms with Crippen molar-refractivity contribution in [3.05, 3.63) is 0 Å². The lowest BCUT2D eigenvalue weighted by atomic mass is 9.65. The average molecular weight is 262 g/mol. The molecule has 19 heavy (non-hydrogen) atoms. The number of rotatable bonds is 4. The molecule has 0 spiro atoms. The van der Waals surface area contributed by atoms with E-state index in [1.165, 1.54) is 38.5 Å². The standard InChI is InChI=1S/C17H30N2/c1-5-17(2,3)14-10-9-13(12-18)16(11-14)19(4)15-7-6-8-15/h13-16H,5-11H2,1-4H3. The quantitative estimate of drug-likeness (QED) is 0.758. The van der Waals surface area contributed by atoms with Gasteiger partial charge in [-0.1, -0.05) is 33.6 Å². The van der Waals surface area contributed by atoms with E-state index in [9.17, 15) is 5.26 Å². The van der Waals surface area contributed by atoms with E-state index < -0.39 is 0 Å². The van der Waals surface area contributed by atoms with Crippen molar-refractivity contribution in [1.29, 1.82) is 5.26 Å². The predicted molar refractivity (Wildman–Crippen MR) is 79.7 cm³/mol. The summed E-state index contributed by atoms with van der Waals surface area (Å²) in [6.45, 7) is 7.12. The van der Waals surface area contributed by atoms with E-state index in [1.807, 2.05) is 0 Å². The Balaban J connectivity index is 2.06. The summed E-state index contributed by atoms with van der Waals surface area (Å²) in [5.41, 5.74) is 0.430. The summed E-state index contributed by atoms with van der Waals surface area (Å²) in [5.74, 6) is 1.05. The number of nitriles is 1. The smallest absolute Gasteiger partial charge is 0.0672 e. The van der Waals surface area contributed by atoms with Crippen LogP contribution in [0.3, 0.4) is 0 Å². The Bertz CT molecular complexity index is 338. The first-order valence-corrected chi connectivity index (χ1v) is 8.11. The van der Waals surface area contributed by atoms with Gasteiger partial charge >= 0.3 is 0 Å². The molecule has 0 aromatic rings. The number of hydrogen-bond donors (Lipinski definition) is 0. The van der Waals surface area contributed by atoms with Gasteiger partial charge in [-0.15, -0.1) is 0 Å². The monoisotopic (exact) mass is 262 g/mol. The Morgan fingerprint density at radius 3 is 2.37 bits per heavy atom. The van der Waals surface area contributed by atoms with Gasteiger partial charge in [0.25, 0.3) is 0 Å². The molecular weight excluding hydrogens is 232 g/mol. The molecule has 0 saturated heterocycles. The van der Waals surface area contributed by atoms with E-state index in [-0.39, 0.29) is 5.92 Å². The van der Waals surface area contributed by atoms with Crippen LogP contribution in [-0.2, 0) is 0 Å². The van der Waals surface area contributed by atoms with Crippen molar-refractivity contribution in [2.45, 2.75) is 77.8 Å². The van der Waals surface area contributed by atoms with Gasteiger partial charge < -0.3 is 0 Å².